The van der Waals surface area contributed by atoms with Crippen LogP contribution in [0.3, 0.4) is 0 Å². The molecule has 1 N–H and O–H groups in total. The number of benzene rings is 1. The normalized spacial score (nSPS) is 24.6. The second kappa shape index (κ2) is 7.34. The van der Waals surface area contributed by atoms with Crippen molar-refractivity contribution in [1.82, 2.24) is 10.3 Å². The van der Waals surface area contributed by atoms with Crippen LogP contribution >= 0.6 is 0 Å². The zero-order valence-corrected chi connectivity index (χ0v) is 16.0. The SMILES string of the molecule is Cc1cccc(C(=O)N[C@@H]2CCC[C@@]3(CCN(c4cccc(F)c4)C3=O)C2)n1. The molecule has 1 aromatic carbocycles. The fraction of sp³-hybridized carbons (Fsp3) is 0.409. The zero-order chi connectivity index (χ0) is 19.7. The molecule has 1 aliphatic heterocycles. The summed E-state index contributed by atoms with van der Waals surface area (Å²) in [6, 6.07) is 11.5. The fourth-order valence-electron chi connectivity index (χ4n) is 4.55. The first kappa shape index (κ1) is 18.6. The quantitative estimate of drug-likeness (QED) is 0.883. The molecule has 1 saturated heterocycles. The van der Waals surface area contributed by atoms with Crippen LogP contribution in [0.5, 0.6) is 0 Å². The second-order valence-electron chi connectivity index (χ2n) is 7.90. The van der Waals surface area contributed by atoms with E-state index < -0.39 is 5.41 Å². The van der Waals surface area contributed by atoms with Crippen LogP contribution in [-0.2, 0) is 4.79 Å². The largest absolute Gasteiger partial charge is 0.348 e. The maximum atomic E-state index is 13.6. The van der Waals surface area contributed by atoms with Crippen LogP contribution in [0.25, 0.3) is 0 Å². The molecule has 4 rings (SSSR count). The molecule has 1 aliphatic carbocycles. The minimum atomic E-state index is -0.470. The molecule has 2 amide bonds. The van der Waals surface area contributed by atoms with Gasteiger partial charge in [0.15, 0.2) is 0 Å². The Kier molecular flexibility index (Phi) is 4.87. The highest BCUT2D eigenvalue weighted by atomic mass is 19.1. The number of aromatic nitrogens is 1. The van der Waals surface area contributed by atoms with Crippen molar-refractivity contribution in [2.75, 3.05) is 11.4 Å². The Hall–Kier alpha value is -2.76. The molecule has 146 valence electrons. The summed E-state index contributed by atoms with van der Waals surface area (Å²) < 4.78 is 13.6. The van der Waals surface area contributed by atoms with Gasteiger partial charge in [0.05, 0.1) is 5.41 Å². The Morgan fingerprint density at radius 2 is 2.07 bits per heavy atom. The van der Waals surface area contributed by atoms with E-state index >= 15 is 0 Å². The summed E-state index contributed by atoms with van der Waals surface area (Å²) in [6.07, 6.45) is 3.90. The summed E-state index contributed by atoms with van der Waals surface area (Å²) in [5.74, 6) is -0.491. The van der Waals surface area contributed by atoms with Gasteiger partial charge in [-0.2, -0.15) is 0 Å². The van der Waals surface area contributed by atoms with Gasteiger partial charge in [-0.15, -0.1) is 0 Å². The molecule has 2 heterocycles. The summed E-state index contributed by atoms with van der Waals surface area (Å²) in [4.78, 5) is 31.8. The van der Waals surface area contributed by atoms with Crippen LogP contribution in [0.1, 0.15) is 48.3 Å². The number of halogens is 1. The van der Waals surface area contributed by atoms with Gasteiger partial charge in [0.25, 0.3) is 5.91 Å². The predicted octanol–water partition coefficient (Wildman–Crippen LogP) is 3.62. The lowest BCUT2D eigenvalue weighted by Crippen LogP contribution is -2.46. The molecule has 0 unspecified atom stereocenters. The minimum Gasteiger partial charge on any atom is -0.348 e. The maximum Gasteiger partial charge on any atom is 0.270 e. The third kappa shape index (κ3) is 3.51. The van der Waals surface area contributed by atoms with Gasteiger partial charge < -0.3 is 10.2 Å². The van der Waals surface area contributed by atoms with Crippen LogP contribution in [0.2, 0.25) is 0 Å². The fourth-order valence-corrected chi connectivity index (χ4v) is 4.55. The van der Waals surface area contributed by atoms with Crippen molar-refractivity contribution in [3.8, 4) is 0 Å². The van der Waals surface area contributed by atoms with Crippen LogP contribution in [0.4, 0.5) is 10.1 Å². The van der Waals surface area contributed by atoms with Gasteiger partial charge in [0.1, 0.15) is 11.5 Å². The molecule has 2 fully saturated rings. The number of anilines is 1. The van der Waals surface area contributed by atoms with E-state index in [2.05, 4.69) is 10.3 Å². The van der Waals surface area contributed by atoms with E-state index in [0.29, 0.717) is 24.3 Å². The third-order valence-electron chi connectivity index (χ3n) is 5.93. The van der Waals surface area contributed by atoms with E-state index in [4.69, 9.17) is 0 Å². The van der Waals surface area contributed by atoms with E-state index in [1.54, 1.807) is 23.1 Å². The number of nitrogens with one attached hydrogen (secondary N) is 1. The molecule has 1 saturated carbocycles. The van der Waals surface area contributed by atoms with Gasteiger partial charge in [0.2, 0.25) is 5.91 Å². The van der Waals surface area contributed by atoms with Crippen molar-refractivity contribution in [3.63, 3.8) is 0 Å². The van der Waals surface area contributed by atoms with Crippen LogP contribution in [-0.4, -0.2) is 29.4 Å². The predicted molar refractivity (Wildman–Crippen MR) is 104 cm³/mol. The minimum absolute atomic E-state index is 0.0470. The molecule has 6 heteroatoms. The van der Waals surface area contributed by atoms with Crippen molar-refractivity contribution >= 4 is 17.5 Å². The number of rotatable bonds is 3. The zero-order valence-electron chi connectivity index (χ0n) is 16.0. The van der Waals surface area contributed by atoms with Crippen LogP contribution in [0.15, 0.2) is 42.5 Å². The maximum absolute atomic E-state index is 13.6. The Labute approximate surface area is 164 Å². The first-order valence-corrected chi connectivity index (χ1v) is 9.79. The molecule has 5 nitrogen and oxygen atoms in total. The molecule has 2 atom stereocenters. The molecule has 0 radical (unpaired) electrons. The van der Waals surface area contributed by atoms with Gasteiger partial charge in [0, 0.05) is 24.0 Å². The first-order chi connectivity index (χ1) is 13.5. The lowest BCUT2D eigenvalue weighted by Gasteiger charge is -2.36. The Morgan fingerprint density at radius 3 is 2.86 bits per heavy atom. The van der Waals surface area contributed by atoms with E-state index in [1.807, 2.05) is 19.1 Å². The molecule has 1 spiro atoms. The number of nitrogens with zero attached hydrogens (tertiary/aromatic N) is 2. The van der Waals surface area contributed by atoms with Gasteiger partial charge in [-0.1, -0.05) is 18.6 Å². The van der Waals surface area contributed by atoms with E-state index in [9.17, 15) is 14.0 Å². The van der Waals surface area contributed by atoms with Crippen molar-refractivity contribution in [2.45, 2.75) is 45.1 Å². The monoisotopic (exact) mass is 381 g/mol. The Bertz CT molecular complexity index is 916. The topological polar surface area (TPSA) is 62.3 Å². The number of hydrogen-bond donors (Lipinski definition) is 1. The number of pyridine rings is 1. The summed E-state index contributed by atoms with van der Waals surface area (Å²) in [5.41, 5.74) is 1.34. The second-order valence-corrected chi connectivity index (χ2v) is 7.90. The summed E-state index contributed by atoms with van der Waals surface area (Å²) in [7, 11) is 0. The van der Waals surface area contributed by atoms with E-state index in [1.165, 1.54) is 12.1 Å². The lowest BCUT2D eigenvalue weighted by molar-refractivity contribution is -0.127. The highest BCUT2D eigenvalue weighted by Crippen LogP contribution is 2.46. The highest BCUT2D eigenvalue weighted by molar-refractivity contribution is 6.00. The molecule has 2 aliphatic rings. The number of carbonyl (C=O) groups excluding carboxylic acids is 2. The molecule has 1 aromatic heterocycles. The van der Waals surface area contributed by atoms with Crippen molar-refractivity contribution in [2.24, 2.45) is 5.41 Å². The number of carbonyl (C=O) groups is 2. The summed E-state index contributed by atoms with van der Waals surface area (Å²) >= 11 is 0. The molecule has 0 bridgehead atoms. The van der Waals surface area contributed by atoms with Crippen molar-refractivity contribution < 1.29 is 14.0 Å². The number of aryl methyl sites for hydroxylation is 1. The average molecular weight is 381 g/mol. The summed E-state index contributed by atoms with van der Waals surface area (Å²) in [5, 5.41) is 3.07. The number of hydrogen-bond acceptors (Lipinski definition) is 3. The van der Waals surface area contributed by atoms with E-state index in [-0.39, 0.29) is 23.7 Å². The number of amides is 2. The molecule has 2 aromatic rings. The summed E-state index contributed by atoms with van der Waals surface area (Å²) in [6.45, 7) is 2.44. The van der Waals surface area contributed by atoms with E-state index in [0.717, 1.165) is 31.4 Å². The lowest BCUT2D eigenvalue weighted by atomic mass is 9.71. The molecular weight excluding hydrogens is 357 g/mol. The first-order valence-electron chi connectivity index (χ1n) is 9.79. The average Bonchev–Trinajstić information content (AvgIpc) is 2.97. The van der Waals surface area contributed by atoms with Gasteiger partial charge in [-0.3, -0.25) is 9.59 Å². The third-order valence-corrected chi connectivity index (χ3v) is 5.93. The highest BCUT2D eigenvalue weighted by Gasteiger charge is 2.49. The van der Waals surface area contributed by atoms with Crippen LogP contribution in [0, 0.1) is 18.2 Å². The smallest absolute Gasteiger partial charge is 0.270 e. The van der Waals surface area contributed by atoms with Crippen LogP contribution < -0.4 is 10.2 Å². The van der Waals surface area contributed by atoms with Gasteiger partial charge >= 0.3 is 0 Å². The molecule has 28 heavy (non-hydrogen) atoms. The van der Waals surface area contributed by atoms with Crippen molar-refractivity contribution in [1.29, 1.82) is 0 Å². The standard InChI is InChI=1S/C22H24FN3O2/c1-15-5-2-9-19(24-15)20(27)25-17-7-4-10-22(14-17)11-12-26(21(22)28)18-8-3-6-16(23)13-18/h2-3,5-6,8-9,13,17H,4,7,10-12,14H2,1H3,(H,25,27)/t17-,22-/m1/s1. The van der Waals surface area contributed by atoms with Gasteiger partial charge in [-0.05, 0) is 62.9 Å². The van der Waals surface area contributed by atoms with Crippen molar-refractivity contribution in [3.05, 3.63) is 59.7 Å². The molecular formula is C22H24FN3O2. The Morgan fingerprint density at radius 1 is 1.25 bits per heavy atom. The van der Waals surface area contributed by atoms with Gasteiger partial charge in [-0.25, -0.2) is 9.37 Å². The Balaban J connectivity index is 1.47.